The average Bonchev–Trinajstić information content (AvgIpc) is 2.02. The van der Waals surface area contributed by atoms with Gasteiger partial charge in [0.1, 0.15) is 18.2 Å². The summed E-state index contributed by atoms with van der Waals surface area (Å²) in [5.41, 5.74) is 5.48. The van der Waals surface area contributed by atoms with Crippen LogP contribution in [-0.4, -0.2) is 12.6 Å². The predicted molar refractivity (Wildman–Crippen MR) is 50.6 cm³/mol. The molecular formula is C9H11ClFNO. The van der Waals surface area contributed by atoms with E-state index >= 15 is 0 Å². The molecule has 0 aliphatic heterocycles. The van der Waals surface area contributed by atoms with Crippen LogP contribution in [-0.2, 0) is 0 Å². The van der Waals surface area contributed by atoms with Crippen molar-refractivity contribution < 1.29 is 9.13 Å². The van der Waals surface area contributed by atoms with E-state index in [1.807, 2.05) is 6.92 Å². The minimum Gasteiger partial charge on any atom is -0.490 e. The molecule has 13 heavy (non-hydrogen) atoms. The van der Waals surface area contributed by atoms with Crippen LogP contribution in [0.25, 0.3) is 0 Å². The first-order valence-corrected chi connectivity index (χ1v) is 4.31. The molecule has 0 saturated carbocycles. The number of hydrogen-bond donors (Lipinski definition) is 1. The Kier molecular flexibility index (Phi) is 3.51. The summed E-state index contributed by atoms with van der Waals surface area (Å²) >= 11 is 5.71. The van der Waals surface area contributed by atoms with Crippen LogP contribution in [0.4, 0.5) is 4.39 Å². The van der Waals surface area contributed by atoms with Gasteiger partial charge < -0.3 is 10.5 Å². The largest absolute Gasteiger partial charge is 0.490 e. The summed E-state index contributed by atoms with van der Waals surface area (Å²) in [6.07, 6.45) is 0. The minimum atomic E-state index is -0.377. The number of hydrogen-bond acceptors (Lipinski definition) is 2. The Morgan fingerprint density at radius 3 is 2.85 bits per heavy atom. The van der Waals surface area contributed by atoms with E-state index in [1.54, 1.807) is 0 Å². The molecular weight excluding hydrogens is 193 g/mol. The first-order valence-electron chi connectivity index (χ1n) is 3.93. The second-order valence-electron chi connectivity index (χ2n) is 2.86. The molecule has 0 spiro atoms. The van der Waals surface area contributed by atoms with Gasteiger partial charge in [0.2, 0.25) is 0 Å². The number of rotatable bonds is 3. The van der Waals surface area contributed by atoms with E-state index in [2.05, 4.69) is 0 Å². The van der Waals surface area contributed by atoms with Crippen LogP contribution in [0, 0.1) is 5.82 Å². The highest BCUT2D eigenvalue weighted by Crippen LogP contribution is 2.24. The lowest BCUT2D eigenvalue weighted by Crippen LogP contribution is -2.23. The third-order valence-corrected chi connectivity index (χ3v) is 1.69. The van der Waals surface area contributed by atoms with Gasteiger partial charge in [-0.1, -0.05) is 11.6 Å². The Labute approximate surface area is 81.4 Å². The molecule has 1 atom stereocenters. The Bertz CT molecular complexity index is 291. The van der Waals surface area contributed by atoms with Crippen LogP contribution in [0.3, 0.4) is 0 Å². The quantitative estimate of drug-likeness (QED) is 0.818. The first-order chi connectivity index (χ1) is 6.09. The zero-order valence-corrected chi connectivity index (χ0v) is 8.01. The van der Waals surface area contributed by atoms with Gasteiger partial charge in [0.25, 0.3) is 0 Å². The van der Waals surface area contributed by atoms with E-state index in [4.69, 9.17) is 22.1 Å². The van der Waals surface area contributed by atoms with Gasteiger partial charge in [-0.2, -0.15) is 0 Å². The SMILES string of the molecule is C[C@H](N)COc1ccc(F)cc1Cl. The summed E-state index contributed by atoms with van der Waals surface area (Å²) in [6, 6.07) is 3.92. The molecule has 0 bridgehead atoms. The predicted octanol–water partition coefficient (Wildman–Crippen LogP) is 2.21. The molecule has 0 saturated heterocycles. The van der Waals surface area contributed by atoms with Gasteiger partial charge in [0.05, 0.1) is 5.02 Å². The smallest absolute Gasteiger partial charge is 0.138 e. The zero-order chi connectivity index (χ0) is 9.84. The average molecular weight is 204 g/mol. The maximum atomic E-state index is 12.6. The number of nitrogens with two attached hydrogens (primary N) is 1. The molecule has 0 amide bonds. The third-order valence-electron chi connectivity index (χ3n) is 1.40. The molecule has 0 fully saturated rings. The fourth-order valence-electron chi connectivity index (χ4n) is 0.813. The topological polar surface area (TPSA) is 35.2 Å². The van der Waals surface area contributed by atoms with E-state index in [1.165, 1.54) is 18.2 Å². The van der Waals surface area contributed by atoms with Crippen molar-refractivity contribution in [1.82, 2.24) is 0 Å². The van der Waals surface area contributed by atoms with Gasteiger partial charge in [-0.05, 0) is 25.1 Å². The van der Waals surface area contributed by atoms with Crippen molar-refractivity contribution in [1.29, 1.82) is 0 Å². The number of ether oxygens (including phenoxy) is 1. The first kappa shape index (κ1) is 10.3. The minimum absolute atomic E-state index is 0.0684. The molecule has 1 rings (SSSR count). The van der Waals surface area contributed by atoms with Crippen molar-refractivity contribution in [3.05, 3.63) is 29.0 Å². The van der Waals surface area contributed by atoms with Gasteiger partial charge in [-0.15, -0.1) is 0 Å². The van der Waals surface area contributed by atoms with Crippen LogP contribution >= 0.6 is 11.6 Å². The second kappa shape index (κ2) is 4.44. The van der Waals surface area contributed by atoms with Crippen molar-refractivity contribution in [3.63, 3.8) is 0 Å². The van der Waals surface area contributed by atoms with Crippen molar-refractivity contribution in [2.45, 2.75) is 13.0 Å². The lowest BCUT2D eigenvalue weighted by atomic mass is 10.3. The molecule has 2 nitrogen and oxygen atoms in total. The zero-order valence-electron chi connectivity index (χ0n) is 7.26. The van der Waals surface area contributed by atoms with E-state index in [-0.39, 0.29) is 16.9 Å². The highest BCUT2D eigenvalue weighted by atomic mass is 35.5. The molecule has 2 N–H and O–H groups in total. The summed E-state index contributed by atoms with van der Waals surface area (Å²) in [5, 5.41) is 0.264. The Morgan fingerprint density at radius 1 is 1.62 bits per heavy atom. The molecule has 4 heteroatoms. The molecule has 0 radical (unpaired) electrons. The monoisotopic (exact) mass is 203 g/mol. The van der Waals surface area contributed by atoms with Crippen LogP contribution < -0.4 is 10.5 Å². The van der Waals surface area contributed by atoms with Crippen LogP contribution in [0.1, 0.15) is 6.92 Å². The van der Waals surface area contributed by atoms with Gasteiger partial charge in [0, 0.05) is 6.04 Å². The van der Waals surface area contributed by atoms with Crippen LogP contribution in [0.5, 0.6) is 5.75 Å². The Morgan fingerprint density at radius 2 is 2.31 bits per heavy atom. The van der Waals surface area contributed by atoms with Crippen molar-refractivity contribution in [2.24, 2.45) is 5.73 Å². The molecule has 0 heterocycles. The van der Waals surface area contributed by atoms with Gasteiger partial charge >= 0.3 is 0 Å². The summed E-state index contributed by atoms with van der Waals surface area (Å²) < 4.78 is 17.8. The molecule has 0 unspecified atom stereocenters. The lowest BCUT2D eigenvalue weighted by molar-refractivity contribution is 0.296. The van der Waals surface area contributed by atoms with Crippen molar-refractivity contribution >= 4 is 11.6 Å². The Hall–Kier alpha value is -0.800. The van der Waals surface area contributed by atoms with Crippen LogP contribution in [0.2, 0.25) is 5.02 Å². The molecule has 0 aromatic heterocycles. The molecule has 72 valence electrons. The molecule has 0 aliphatic carbocycles. The number of benzene rings is 1. The van der Waals surface area contributed by atoms with E-state index in [0.717, 1.165) is 0 Å². The summed E-state index contributed by atoms with van der Waals surface area (Å²) in [6.45, 7) is 2.18. The fourth-order valence-corrected chi connectivity index (χ4v) is 1.04. The van der Waals surface area contributed by atoms with Gasteiger partial charge in [-0.25, -0.2) is 4.39 Å². The molecule has 1 aromatic carbocycles. The van der Waals surface area contributed by atoms with E-state index in [9.17, 15) is 4.39 Å². The maximum absolute atomic E-state index is 12.6. The van der Waals surface area contributed by atoms with Crippen molar-refractivity contribution in [2.75, 3.05) is 6.61 Å². The van der Waals surface area contributed by atoms with E-state index < -0.39 is 0 Å². The number of halogens is 2. The van der Waals surface area contributed by atoms with E-state index in [0.29, 0.717) is 12.4 Å². The highest BCUT2D eigenvalue weighted by molar-refractivity contribution is 6.32. The molecule has 0 aliphatic rings. The summed E-state index contributed by atoms with van der Waals surface area (Å²) in [7, 11) is 0. The highest BCUT2D eigenvalue weighted by Gasteiger charge is 2.03. The fraction of sp³-hybridized carbons (Fsp3) is 0.333. The van der Waals surface area contributed by atoms with Gasteiger partial charge in [0.15, 0.2) is 0 Å². The van der Waals surface area contributed by atoms with Gasteiger partial charge in [-0.3, -0.25) is 0 Å². The molecule has 1 aromatic rings. The summed E-state index contributed by atoms with van der Waals surface area (Å²) in [5.74, 6) is 0.0820. The lowest BCUT2D eigenvalue weighted by Gasteiger charge is -2.09. The van der Waals surface area contributed by atoms with Crippen molar-refractivity contribution in [3.8, 4) is 5.75 Å². The second-order valence-corrected chi connectivity index (χ2v) is 3.27. The standard InChI is InChI=1S/C9H11ClFNO/c1-6(12)5-13-9-3-2-7(11)4-8(9)10/h2-4,6H,5,12H2,1H3/t6-/m0/s1. The Balaban J connectivity index is 2.67. The maximum Gasteiger partial charge on any atom is 0.138 e. The normalized spacial score (nSPS) is 12.6. The summed E-state index contributed by atoms with van der Waals surface area (Å²) in [4.78, 5) is 0. The third kappa shape index (κ3) is 3.20. The van der Waals surface area contributed by atoms with Crippen LogP contribution in [0.15, 0.2) is 18.2 Å².